The Balaban J connectivity index is 1.70. The Morgan fingerprint density at radius 3 is 3.11 bits per heavy atom. The largest absolute Gasteiger partial charge is 0.353 e. The standard InChI is InChI=1S/C12H13N5O2/c18-11-6-13-10(5-14-11)12(19)16-8-1-2-9-7(3-8)4-15-17-9/h1-4,10,13H,5-6H2,(H,14,18)(H,15,17)(H,16,19). The highest BCUT2D eigenvalue weighted by Crippen LogP contribution is 2.16. The van der Waals surface area contributed by atoms with Crippen LogP contribution in [0.3, 0.4) is 0 Å². The smallest absolute Gasteiger partial charge is 0.243 e. The maximum Gasteiger partial charge on any atom is 0.243 e. The van der Waals surface area contributed by atoms with Crippen molar-refractivity contribution < 1.29 is 9.59 Å². The summed E-state index contributed by atoms with van der Waals surface area (Å²) in [6.45, 7) is 0.470. The number of anilines is 1. The highest BCUT2D eigenvalue weighted by atomic mass is 16.2. The van der Waals surface area contributed by atoms with Gasteiger partial charge in [-0.25, -0.2) is 0 Å². The van der Waals surface area contributed by atoms with Crippen LogP contribution in [0, 0.1) is 0 Å². The van der Waals surface area contributed by atoms with E-state index in [-0.39, 0.29) is 18.4 Å². The molecule has 4 N–H and O–H groups in total. The highest BCUT2D eigenvalue weighted by molar-refractivity contribution is 5.98. The summed E-state index contributed by atoms with van der Waals surface area (Å²) < 4.78 is 0. The first-order valence-corrected chi connectivity index (χ1v) is 5.96. The van der Waals surface area contributed by atoms with E-state index in [1.165, 1.54) is 0 Å². The molecule has 0 radical (unpaired) electrons. The topological polar surface area (TPSA) is 98.9 Å². The van der Waals surface area contributed by atoms with Crippen LogP contribution in [0.4, 0.5) is 5.69 Å². The lowest BCUT2D eigenvalue weighted by molar-refractivity contribution is -0.124. The molecule has 1 aliphatic heterocycles. The van der Waals surface area contributed by atoms with E-state index in [9.17, 15) is 9.59 Å². The fourth-order valence-electron chi connectivity index (χ4n) is 2.00. The van der Waals surface area contributed by atoms with Gasteiger partial charge in [-0.05, 0) is 18.2 Å². The van der Waals surface area contributed by atoms with Crippen LogP contribution < -0.4 is 16.0 Å². The monoisotopic (exact) mass is 259 g/mol. The van der Waals surface area contributed by atoms with Crippen molar-refractivity contribution in [2.45, 2.75) is 6.04 Å². The summed E-state index contributed by atoms with van der Waals surface area (Å²) in [5.74, 6) is -0.258. The van der Waals surface area contributed by atoms with Crippen molar-refractivity contribution in [3.8, 4) is 0 Å². The molecule has 7 heteroatoms. The maximum absolute atomic E-state index is 12.0. The van der Waals surface area contributed by atoms with E-state index in [1.807, 2.05) is 12.1 Å². The van der Waals surface area contributed by atoms with Crippen LogP contribution in [0.25, 0.3) is 10.9 Å². The molecule has 2 aromatic rings. The molecule has 0 bridgehead atoms. The number of hydrogen-bond acceptors (Lipinski definition) is 4. The van der Waals surface area contributed by atoms with Crippen LogP contribution in [-0.4, -0.2) is 41.1 Å². The van der Waals surface area contributed by atoms with Gasteiger partial charge in [-0.15, -0.1) is 0 Å². The summed E-state index contributed by atoms with van der Waals surface area (Å²) in [4.78, 5) is 23.0. The Hall–Kier alpha value is -2.41. The zero-order valence-electron chi connectivity index (χ0n) is 10.1. The van der Waals surface area contributed by atoms with Gasteiger partial charge >= 0.3 is 0 Å². The zero-order chi connectivity index (χ0) is 13.2. The van der Waals surface area contributed by atoms with Gasteiger partial charge in [0.25, 0.3) is 0 Å². The van der Waals surface area contributed by atoms with Gasteiger partial charge in [-0.3, -0.25) is 20.0 Å². The van der Waals surface area contributed by atoms with E-state index < -0.39 is 6.04 Å². The number of carbonyl (C=O) groups is 2. The molecule has 1 aromatic carbocycles. The Bertz CT molecular complexity index is 626. The van der Waals surface area contributed by atoms with E-state index in [0.29, 0.717) is 12.2 Å². The fourth-order valence-corrected chi connectivity index (χ4v) is 2.00. The van der Waals surface area contributed by atoms with Crippen LogP contribution in [0.5, 0.6) is 0 Å². The fraction of sp³-hybridized carbons (Fsp3) is 0.250. The van der Waals surface area contributed by atoms with Crippen molar-refractivity contribution in [1.29, 1.82) is 0 Å². The molecule has 1 aliphatic rings. The SMILES string of the molecule is O=C1CNC(C(=O)Nc2ccc3[nH]ncc3c2)CN1. The third kappa shape index (κ3) is 2.41. The molecule has 1 fully saturated rings. The lowest BCUT2D eigenvalue weighted by Gasteiger charge is -2.23. The molecule has 0 aliphatic carbocycles. The highest BCUT2D eigenvalue weighted by Gasteiger charge is 2.23. The number of nitrogens with zero attached hydrogens (tertiary/aromatic N) is 1. The Morgan fingerprint density at radius 1 is 1.42 bits per heavy atom. The molecule has 19 heavy (non-hydrogen) atoms. The summed E-state index contributed by atoms with van der Waals surface area (Å²) in [5.41, 5.74) is 1.62. The summed E-state index contributed by atoms with van der Waals surface area (Å²) in [6.07, 6.45) is 1.70. The van der Waals surface area contributed by atoms with Gasteiger partial charge in [0, 0.05) is 17.6 Å². The predicted molar refractivity (Wildman–Crippen MR) is 69.5 cm³/mol. The Kier molecular flexibility index (Phi) is 2.88. The number of aromatic amines is 1. The molecule has 1 unspecified atom stereocenters. The van der Waals surface area contributed by atoms with Crippen molar-refractivity contribution in [1.82, 2.24) is 20.8 Å². The second kappa shape index (κ2) is 4.69. The van der Waals surface area contributed by atoms with Crippen LogP contribution in [0.2, 0.25) is 0 Å². The Morgan fingerprint density at radius 2 is 2.32 bits per heavy atom. The molecule has 2 heterocycles. The van der Waals surface area contributed by atoms with Gasteiger partial charge < -0.3 is 10.6 Å². The molecule has 98 valence electrons. The van der Waals surface area contributed by atoms with E-state index in [1.54, 1.807) is 12.3 Å². The second-order valence-electron chi connectivity index (χ2n) is 4.40. The lowest BCUT2D eigenvalue weighted by atomic mass is 10.2. The van der Waals surface area contributed by atoms with Crippen LogP contribution >= 0.6 is 0 Å². The average molecular weight is 259 g/mol. The average Bonchev–Trinajstić information content (AvgIpc) is 2.87. The first kappa shape index (κ1) is 11.7. The van der Waals surface area contributed by atoms with Crippen molar-refractivity contribution in [2.75, 3.05) is 18.4 Å². The molecule has 1 saturated heterocycles. The molecule has 0 saturated carbocycles. The number of aromatic nitrogens is 2. The molecule has 1 aromatic heterocycles. The molecule has 2 amide bonds. The van der Waals surface area contributed by atoms with Gasteiger partial charge in [-0.1, -0.05) is 0 Å². The number of benzene rings is 1. The predicted octanol–water partition coefficient (Wildman–Crippen LogP) is -0.411. The van der Waals surface area contributed by atoms with E-state index >= 15 is 0 Å². The quantitative estimate of drug-likeness (QED) is 0.589. The zero-order valence-corrected chi connectivity index (χ0v) is 10.1. The number of piperazine rings is 1. The van der Waals surface area contributed by atoms with Gasteiger partial charge in [0.2, 0.25) is 11.8 Å². The number of H-pyrrole nitrogens is 1. The first-order chi connectivity index (χ1) is 9.22. The van der Waals surface area contributed by atoms with E-state index in [2.05, 4.69) is 26.1 Å². The number of hydrogen-bond donors (Lipinski definition) is 4. The van der Waals surface area contributed by atoms with Crippen molar-refractivity contribution in [2.24, 2.45) is 0 Å². The van der Waals surface area contributed by atoms with Crippen LogP contribution in [0.1, 0.15) is 0 Å². The van der Waals surface area contributed by atoms with Crippen LogP contribution in [-0.2, 0) is 9.59 Å². The number of carbonyl (C=O) groups excluding carboxylic acids is 2. The summed E-state index contributed by atoms with van der Waals surface area (Å²) in [6, 6.07) is 5.10. The lowest BCUT2D eigenvalue weighted by Crippen LogP contribution is -2.56. The molecule has 7 nitrogen and oxygen atoms in total. The Labute approximate surface area is 108 Å². The van der Waals surface area contributed by atoms with E-state index in [0.717, 1.165) is 10.9 Å². The minimum absolute atomic E-state index is 0.0936. The molecule has 3 rings (SSSR count). The van der Waals surface area contributed by atoms with Gasteiger partial charge in [0.15, 0.2) is 0 Å². The number of nitrogens with one attached hydrogen (secondary N) is 4. The maximum atomic E-state index is 12.0. The van der Waals surface area contributed by atoms with Gasteiger partial charge in [0.1, 0.15) is 6.04 Å². The summed E-state index contributed by atoms with van der Waals surface area (Å²) in [5, 5.41) is 16.0. The summed E-state index contributed by atoms with van der Waals surface area (Å²) in [7, 11) is 0. The number of amides is 2. The second-order valence-corrected chi connectivity index (χ2v) is 4.40. The molecular weight excluding hydrogens is 246 g/mol. The van der Waals surface area contributed by atoms with Crippen LogP contribution in [0.15, 0.2) is 24.4 Å². The first-order valence-electron chi connectivity index (χ1n) is 5.96. The van der Waals surface area contributed by atoms with Gasteiger partial charge in [0.05, 0.1) is 18.3 Å². The number of rotatable bonds is 2. The minimum Gasteiger partial charge on any atom is -0.353 e. The third-order valence-corrected chi connectivity index (χ3v) is 3.04. The summed E-state index contributed by atoms with van der Waals surface area (Å²) >= 11 is 0. The number of fused-ring (bicyclic) bond motifs is 1. The molecule has 0 spiro atoms. The minimum atomic E-state index is -0.405. The van der Waals surface area contributed by atoms with Crippen molar-refractivity contribution >= 4 is 28.4 Å². The van der Waals surface area contributed by atoms with Gasteiger partial charge in [-0.2, -0.15) is 5.10 Å². The normalized spacial score (nSPS) is 19.2. The van der Waals surface area contributed by atoms with Crippen molar-refractivity contribution in [3.63, 3.8) is 0 Å². The molecule has 1 atom stereocenters. The molecular formula is C12H13N5O2. The third-order valence-electron chi connectivity index (χ3n) is 3.04. The van der Waals surface area contributed by atoms with E-state index in [4.69, 9.17) is 0 Å². The van der Waals surface area contributed by atoms with Crippen molar-refractivity contribution in [3.05, 3.63) is 24.4 Å².